The summed E-state index contributed by atoms with van der Waals surface area (Å²) >= 11 is 0. The van der Waals surface area contributed by atoms with Crippen LogP contribution in [0, 0.1) is 18.3 Å². The van der Waals surface area contributed by atoms with Gasteiger partial charge in [0.25, 0.3) is 5.56 Å². The van der Waals surface area contributed by atoms with Crippen LogP contribution < -0.4 is 16.2 Å². The number of benzene rings is 2. The summed E-state index contributed by atoms with van der Waals surface area (Å²) < 4.78 is 1.69. The molecule has 3 aromatic rings. The van der Waals surface area contributed by atoms with Crippen LogP contribution in [-0.2, 0) is 7.05 Å². The Kier molecular flexibility index (Phi) is 5.39. The first-order chi connectivity index (χ1) is 14.5. The molecule has 2 aromatic carbocycles. The lowest BCUT2D eigenvalue weighted by Crippen LogP contribution is -2.43. The van der Waals surface area contributed by atoms with Crippen LogP contribution in [0.25, 0.3) is 22.5 Å². The van der Waals surface area contributed by atoms with E-state index < -0.39 is 0 Å². The van der Waals surface area contributed by atoms with Gasteiger partial charge < -0.3 is 15.2 Å². The summed E-state index contributed by atoms with van der Waals surface area (Å²) in [6.07, 6.45) is 1.69. The van der Waals surface area contributed by atoms with E-state index in [2.05, 4.69) is 6.07 Å². The number of nitriles is 1. The molecule has 1 aliphatic heterocycles. The molecule has 0 atom stereocenters. The average molecular weight is 399 g/mol. The normalized spacial score (nSPS) is 14.5. The number of aromatic nitrogens is 2. The second kappa shape index (κ2) is 8.13. The van der Waals surface area contributed by atoms with Crippen molar-refractivity contribution in [2.24, 2.45) is 12.8 Å². The number of piperidine rings is 1. The second-order valence-corrected chi connectivity index (χ2v) is 7.88. The van der Waals surface area contributed by atoms with Gasteiger partial charge in [-0.15, -0.1) is 0 Å². The van der Waals surface area contributed by atoms with Gasteiger partial charge >= 0.3 is 0 Å². The summed E-state index contributed by atoms with van der Waals surface area (Å²) in [5.74, 6) is 0.458. The summed E-state index contributed by atoms with van der Waals surface area (Å²) in [7, 11) is 1.80. The van der Waals surface area contributed by atoms with Gasteiger partial charge in [-0.3, -0.25) is 4.79 Å². The van der Waals surface area contributed by atoms with Gasteiger partial charge in [0, 0.05) is 37.3 Å². The Bertz CT molecular complexity index is 1150. The maximum atomic E-state index is 13.3. The molecule has 0 amide bonds. The minimum absolute atomic E-state index is 0.113. The Labute approximate surface area is 176 Å². The Balaban J connectivity index is 1.92. The molecule has 0 aliphatic carbocycles. The lowest BCUT2D eigenvalue weighted by molar-refractivity contribution is 0.496. The first-order valence-corrected chi connectivity index (χ1v) is 10.2. The molecule has 1 aromatic heterocycles. The predicted octanol–water partition coefficient (Wildman–Crippen LogP) is 3.22. The van der Waals surface area contributed by atoms with E-state index >= 15 is 0 Å². The summed E-state index contributed by atoms with van der Waals surface area (Å²) in [6.45, 7) is 3.48. The van der Waals surface area contributed by atoms with Gasteiger partial charge in [0.1, 0.15) is 0 Å². The number of aryl methyl sites for hydroxylation is 1. The molecule has 30 heavy (non-hydrogen) atoms. The van der Waals surface area contributed by atoms with Gasteiger partial charge in [0.05, 0.1) is 23.0 Å². The topological polar surface area (TPSA) is 87.9 Å². The molecule has 2 heterocycles. The van der Waals surface area contributed by atoms with Crippen molar-refractivity contribution in [3.63, 3.8) is 0 Å². The van der Waals surface area contributed by atoms with Crippen molar-refractivity contribution in [2.75, 3.05) is 18.0 Å². The van der Waals surface area contributed by atoms with Crippen LogP contribution in [0.3, 0.4) is 0 Å². The van der Waals surface area contributed by atoms with Crippen LogP contribution >= 0.6 is 0 Å². The Hall–Kier alpha value is -3.43. The second-order valence-electron chi connectivity index (χ2n) is 7.88. The highest BCUT2D eigenvalue weighted by molar-refractivity contribution is 5.79. The third-order valence-corrected chi connectivity index (χ3v) is 5.72. The number of rotatable bonds is 3. The summed E-state index contributed by atoms with van der Waals surface area (Å²) in [5.41, 5.74) is 11.0. The molecule has 0 unspecified atom stereocenters. The number of nitrogens with two attached hydrogens (primary N) is 1. The lowest BCUT2D eigenvalue weighted by Gasteiger charge is -2.31. The van der Waals surface area contributed by atoms with Gasteiger partial charge in [-0.25, -0.2) is 4.98 Å². The Morgan fingerprint density at radius 3 is 2.23 bits per heavy atom. The van der Waals surface area contributed by atoms with Crippen molar-refractivity contribution >= 4 is 5.82 Å². The SMILES string of the molecule is Cc1ccc(-c2c(-c3ccc(C#N)cc3)nc(N3CCC(N)CC3)c(=O)n2C)cc1. The number of hydrogen-bond donors (Lipinski definition) is 1. The van der Waals surface area contributed by atoms with E-state index in [1.54, 1.807) is 23.7 Å². The van der Waals surface area contributed by atoms with Gasteiger partial charge in [-0.1, -0.05) is 42.0 Å². The zero-order chi connectivity index (χ0) is 21.3. The summed E-state index contributed by atoms with van der Waals surface area (Å²) in [6, 6.07) is 17.7. The quantitative estimate of drug-likeness (QED) is 0.731. The molecule has 0 bridgehead atoms. The molecular formula is C24H25N5O. The van der Waals surface area contributed by atoms with Crippen molar-refractivity contribution in [1.82, 2.24) is 9.55 Å². The van der Waals surface area contributed by atoms with Crippen LogP contribution in [0.5, 0.6) is 0 Å². The molecular weight excluding hydrogens is 374 g/mol. The molecule has 1 fully saturated rings. The van der Waals surface area contributed by atoms with E-state index in [1.165, 1.54) is 0 Å². The number of nitrogens with zero attached hydrogens (tertiary/aromatic N) is 4. The predicted molar refractivity (Wildman–Crippen MR) is 119 cm³/mol. The Morgan fingerprint density at radius 2 is 1.63 bits per heavy atom. The van der Waals surface area contributed by atoms with Crippen molar-refractivity contribution in [2.45, 2.75) is 25.8 Å². The maximum Gasteiger partial charge on any atom is 0.293 e. The van der Waals surface area contributed by atoms with Crippen molar-refractivity contribution < 1.29 is 0 Å². The lowest BCUT2D eigenvalue weighted by atomic mass is 10.0. The van der Waals surface area contributed by atoms with Crippen LogP contribution in [0.2, 0.25) is 0 Å². The smallest absolute Gasteiger partial charge is 0.293 e. The van der Waals surface area contributed by atoms with Crippen molar-refractivity contribution in [1.29, 1.82) is 5.26 Å². The minimum atomic E-state index is -0.113. The number of anilines is 1. The van der Waals surface area contributed by atoms with Crippen LogP contribution in [0.4, 0.5) is 5.82 Å². The molecule has 1 aliphatic rings. The zero-order valence-corrected chi connectivity index (χ0v) is 17.3. The molecule has 0 saturated carbocycles. The fourth-order valence-electron chi connectivity index (χ4n) is 3.88. The fourth-order valence-corrected chi connectivity index (χ4v) is 3.88. The highest BCUT2D eigenvalue weighted by Gasteiger charge is 2.24. The van der Waals surface area contributed by atoms with E-state index in [-0.39, 0.29) is 11.6 Å². The monoisotopic (exact) mass is 399 g/mol. The fraction of sp³-hybridized carbons (Fsp3) is 0.292. The molecule has 6 heteroatoms. The number of hydrogen-bond acceptors (Lipinski definition) is 5. The average Bonchev–Trinajstić information content (AvgIpc) is 2.77. The molecule has 152 valence electrons. The maximum absolute atomic E-state index is 13.3. The summed E-state index contributed by atoms with van der Waals surface area (Å²) in [5, 5.41) is 9.15. The standard InChI is InChI=1S/C24H25N5O/c1-16-3-7-19(8-4-16)22-21(18-9-5-17(15-25)6-10-18)27-23(24(30)28(22)2)29-13-11-20(26)12-14-29/h3-10,20H,11-14,26H2,1-2H3. The minimum Gasteiger partial charge on any atom is -0.352 e. The van der Waals surface area contributed by atoms with E-state index in [0.29, 0.717) is 11.4 Å². The van der Waals surface area contributed by atoms with E-state index in [9.17, 15) is 4.79 Å². The van der Waals surface area contributed by atoms with E-state index in [0.717, 1.165) is 54.0 Å². The Morgan fingerprint density at radius 1 is 1.03 bits per heavy atom. The molecule has 2 N–H and O–H groups in total. The highest BCUT2D eigenvalue weighted by Crippen LogP contribution is 2.31. The van der Waals surface area contributed by atoms with Crippen molar-refractivity contribution in [3.05, 3.63) is 70.0 Å². The third kappa shape index (κ3) is 3.72. The van der Waals surface area contributed by atoms with E-state index in [4.69, 9.17) is 16.0 Å². The molecule has 0 spiro atoms. The van der Waals surface area contributed by atoms with Gasteiger partial charge in [-0.2, -0.15) is 5.26 Å². The van der Waals surface area contributed by atoms with Crippen LogP contribution in [-0.4, -0.2) is 28.7 Å². The van der Waals surface area contributed by atoms with Gasteiger partial charge in [-0.05, 0) is 31.9 Å². The molecule has 0 radical (unpaired) electrons. The molecule has 6 nitrogen and oxygen atoms in total. The van der Waals surface area contributed by atoms with Gasteiger partial charge in [0.15, 0.2) is 5.82 Å². The third-order valence-electron chi connectivity index (χ3n) is 5.72. The molecule has 1 saturated heterocycles. The first kappa shape index (κ1) is 19.9. The van der Waals surface area contributed by atoms with Crippen LogP contribution in [0.15, 0.2) is 53.3 Å². The van der Waals surface area contributed by atoms with Crippen molar-refractivity contribution in [3.8, 4) is 28.6 Å². The van der Waals surface area contributed by atoms with Gasteiger partial charge in [0.2, 0.25) is 0 Å². The highest BCUT2D eigenvalue weighted by atomic mass is 16.1. The largest absolute Gasteiger partial charge is 0.352 e. The summed E-state index contributed by atoms with van der Waals surface area (Å²) in [4.78, 5) is 20.2. The first-order valence-electron chi connectivity index (χ1n) is 10.2. The zero-order valence-electron chi connectivity index (χ0n) is 17.3. The van der Waals surface area contributed by atoms with Crippen LogP contribution in [0.1, 0.15) is 24.0 Å². The van der Waals surface area contributed by atoms with E-state index in [1.807, 2.05) is 48.2 Å². The molecule has 4 rings (SSSR count).